The van der Waals surface area contributed by atoms with Gasteiger partial charge in [-0.25, -0.2) is 0 Å². The van der Waals surface area contributed by atoms with Crippen LogP contribution in [0.25, 0.3) is 0 Å². The number of thioether (sulfide) groups is 1. The van der Waals surface area contributed by atoms with Crippen LogP contribution < -0.4 is 29.7 Å². The Morgan fingerprint density at radius 2 is 2.12 bits per heavy atom. The van der Waals surface area contributed by atoms with Gasteiger partial charge in [0, 0.05) is 10.6 Å². The van der Waals surface area contributed by atoms with Crippen molar-refractivity contribution in [2.24, 2.45) is 15.9 Å². The minimum absolute atomic E-state index is 0. The fourth-order valence-electron chi connectivity index (χ4n) is 0.795. The molecule has 1 rings (SSSR count). The van der Waals surface area contributed by atoms with E-state index in [9.17, 15) is 0 Å². The van der Waals surface area contributed by atoms with Crippen molar-refractivity contribution in [3.8, 4) is 0 Å². The van der Waals surface area contributed by atoms with E-state index < -0.39 is 0 Å². The summed E-state index contributed by atoms with van der Waals surface area (Å²) in [7, 11) is 0. The van der Waals surface area contributed by atoms with E-state index in [0.717, 1.165) is 5.56 Å². The monoisotopic (exact) mass is 388 g/mol. The van der Waals surface area contributed by atoms with Gasteiger partial charge in [-0.05, 0) is 18.4 Å². The van der Waals surface area contributed by atoms with Gasteiger partial charge in [0.25, 0.3) is 0 Å². The molecule has 0 aliphatic rings. The Hall–Kier alpha value is 0.0200. The molecule has 0 radical (unpaired) electrons. The molecule has 0 unspecified atom stereocenters. The van der Waals surface area contributed by atoms with Crippen molar-refractivity contribution in [2.45, 2.75) is 0 Å². The molecule has 0 fully saturated rings. The Balaban J connectivity index is 0.00000225. The largest absolute Gasteiger partial charge is 1.00 e. The average Bonchev–Trinajstić information content (AvgIpc) is 2.21. The van der Waals surface area contributed by atoms with Crippen molar-refractivity contribution in [3.63, 3.8) is 0 Å². The lowest BCUT2D eigenvalue weighted by molar-refractivity contribution is -0.00000295. The molecule has 0 saturated carbocycles. The van der Waals surface area contributed by atoms with E-state index in [-0.39, 0.29) is 24.0 Å². The van der Waals surface area contributed by atoms with Crippen molar-refractivity contribution < 1.29 is 24.0 Å². The van der Waals surface area contributed by atoms with Gasteiger partial charge in [-0.2, -0.15) is 5.10 Å². The molecular weight excluding hydrogens is 380 g/mol. The van der Waals surface area contributed by atoms with Crippen LogP contribution in [0.1, 0.15) is 5.56 Å². The fourth-order valence-corrected chi connectivity index (χ4v) is 1.38. The summed E-state index contributed by atoms with van der Waals surface area (Å²) in [4.78, 5) is 0. The Morgan fingerprint density at radius 1 is 1.44 bits per heavy atom. The molecule has 0 aromatic heterocycles. The third-order valence-electron chi connectivity index (χ3n) is 1.52. The van der Waals surface area contributed by atoms with Gasteiger partial charge in [-0.3, -0.25) is 0 Å². The summed E-state index contributed by atoms with van der Waals surface area (Å²) in [5.74, 6) is 0. The first kappa shape index (κ1) is 16.0. The van der Waals surface area contributed by atoms with Gasteiger partial charge in [0.2, 0.25) is 0 Å². The van der Waals surface area contributed by atoms with Crippen molar-refractivity contribution in [1.29, 1.82) is 0 Å². The molecule has 88 valence electrons. The first-order chi connectivity index (χ1) is 7.13. The standard InChI is InChI=1S/C9H9Cl2N3S.HI/c1-15-9(12)14-13-5-6-2-3-7(10)4-8(6)11;/h2-5H,1H3,(H2,12,14);1H/p-1/b13-5+;. The maximum absolute atomic E-state index is 5.92. The van der Waals surface area contributed by atoms with Gasteiger partial charge < -0.3 is 29.7 Å². The average molecular weight is 389 g/mol. The molecule has 0 atom stereocenters. The van der Waals surface area contributed by atoms with E-state index >= 15 is 0 Å². The summed E-state index contributed by atoms with van der Waals surface area (Å²) < 4.78 is 0. The zero-order valence-corrected chi connectivity index (χ0v) is 12.8. The van der Waals surface area contributed by atoms with Crippen molar-refractivity contribution in [3.05, 3.63) is 33.8 Å². The predicted molar refractivity (Wildman–Crippen MR) is 69.2 cm³/mol. The summed E-state index contributed by atoms with van der Waals surface area (Å²) in [6.45, 7) is 0. The SMILES string of the molecule is CS/C(N)=N/N=C/c1ccc(Cl)cc1Cl.[I-]. The molecular formula is C9H9Cl2IN3S-. The summed E-state index contributed by atoms with van der Waals surface area (Å²) in [6.07, 6.45) is 3.35. The van der Waals surface area contributed by atoms with E-state index in [2.05, 4.69) is 10.2 Å². The van der Waals surface area contributed by atoms with Crippen LogP contribution in [-0.4, -0.2) is 17.6 Å². The number of rotatable bonds is 2. The molecule has 16 heavy (non-hydrogen) atoms. The van der Waals surface area contributed by atoms with E-state index in [1.54, 1.807) is 18.2 Å². The second-order valence-electron chi connectivity index (χ2n) is 2.55. The Kier molecular flexibility index (Phi) is 8.17. The Bertz CT molecular complexity index is 410. The zero-order chi connectivity index (χ0) is 11.3. The first-order valence-corrected chi connectivity index (χ1v) is 5.97. The number of nitrogens with two attached hydrogens (primary N) is 1. The number of nitrogens with zero attached hydrogens (tertiary/aromatic N) is 2. The molecule has 7 heteroatoms. The number of halogens is 3. The molecule has 1 aromatic rings. The Morgan fingerprint density at radius 3 is 2.69 bits per heavy atom. The van der Waals surface area contributed by atoms with Crippen LogP contribution in [0.15, 0.2) is 28.4 Å². The molecule has 0 aliphatic carbocycles. The second kappa shape index (κ2) is 8.16. The van der Waals surface area contributed by atoms with Gasteiger partial charge in [0.05, 0.1) is 11.2 Å². The summed E-state index contributed by atoms with van der Waals surface area (Å²) in [5, 5.41) is 9.05. The number of benzene rings is 1. The topological polar surface area (TPSA) is 50.7 Å². The molecule has 0 bridgehead atoms. The van der Waals surface area contributed by atoms with Crippen LogP contribution in [0.2, 0.25) is 10.0 Å². The highest BCUT2D eigenvalue weighted by Crippen LogP contribution is 2.19. The van der Waals surface area contributed by atoms with Gasteiger partial charge in [0.15, 0.2) is 5.17 Å². The van der Waals surface area contributed by atoms with Gasteiger partial charge in [0.1, 0.15) is 0 Å². The minimum atomic E-state index is 0. The van der Waals surface area contributed by atoms with Crippen molar-refractivity contribution >= 4 is 46.3 Å². The predicted octanol–water partition coefficient (Wildman–Crippen LogP) is 0.00900. The molecule has 0 amide bonds. The van der Waals surface area contributed by atoms with Crippen molar-refractivity contribution in [2.75, 3.05) is 6.26 Å². The smallest absolute Gasteiger partial charge is 0.180 e. The summed E-state index contributed by atoms with van der Waals surface area (Å²) >= 11 is 13.0. The van der Waals surface area contributed by atoms with Crippen LogP contribution in [0.3, 0.4) is 0 Å². The highest BCUT2D eigenvalue weighted by atomic mass is 127. The number of hydrogen-bond donors (Lipinski definition) is 1. The van der Waals surface area contributed by atoms with E-state index in [1.165, 1.54) is 18.0 Å². The van der Waals surface area contributed by atoms with Gasteiger partial charge >= 0.3 is 0 Å². The van der Waals surface area contributed by atoms with Crippen LogP contribution in [0.5, 0.6) is 0 Å². The lowest BCUT2D eigenvalue weighted by atomic mass is 10.2. The highest BCUT2D eigenvalue weighted by Gasteiger charge is 1.97. The van der Waals surface area contributed by atoms with Crippen LogP contribution in [0, 0.1) is 0 Å². The molecule has 3 nitrogen and oxygen atoms in total. The van der Waals surface area contributed by atoms with Crippen LogP contribution >= 0.6 is 35.0 Å². The third kappa shape index (κ3) is 5.38. The molecule has 1 aromatic carbocycles. The van der Waals surface area contributed by atoms with E-state index in [1.807, 2.05) is 6.26 Å². The lowest BCUT2D eigenvalue weighted by Crippen LogP contribution is -3.00. The Labute approximate surface area is 126 Å². The summed E-state index contributed by atoms with van der Waals surface area (Å²) in [5.41, 5.74) is 6.19. The van der Waals surface area contributed by atoms with Gasteiger partial charge in [-0.15, -0.1) is 5.10 Å². The normalized spacial score (nSPS) is 11.6. The summed E-state index contributed by atoms with van der Waals surface area (Å²) in [6, 6.07) is 5.14. The molecule has 0 aliphatic heterocycles. The molecule has 2 N–H and O–H groups in total. The van der Waals surface area contributed by atoms with Crippen LogP contribution in [-0.2, 0) is 0 Å². The third-order valence-corrected chi connectivity index (χ3v) is 2.59. The minimum Gasteiger partial charge on any atom is -1.00 e. The maximum Gasteiger partial charge on any atom is 0.180 e. The molecule has 0 saturated heterocycles. The van der Waals surface area contributed by atoms with E-state index in [4.69, 9.17) is 28.9 Å². The second-order valence-corrected chi connectivity index (χ2v) is 4.22. The van der Waals surface area contributed by atoms with Crippen LogP contribution in [0.4, 0.5) is 0 Å². The van der Waals surface area contributed by atoms with Gasteiger partial charge in [-0.1, -0.05) is 41.0 Å². The first-order valence-electron chi connectivity index (χ1n) is 3.99. The number of amidine groups is 1. The maximum atomic E-state index is 5.92. The zero-order valence-electron chi connectivity index (χ0n) is 8.32. The lowest BCUT2D eigenvalue weighted by Gasteiger charge is -1.96. The van der Waals surface area contributed by atoms with Crippen molar-refractivity contribution in [1.82, 2.24) is 0 Å². The molecule has 0 spiro atoms. The quantitative estimate of drug-likeness (QED) is 0.336. The fraction of sp³-hybridized carbons (Fsp3) is 0.111. The van der Waals surface area contributed by atoms with E-state index in [0.29, 0.717) is 15.2 Å². The molecule has 0 heterocycles. The highest BCUT2D eigenvalue weighted by molar-refractivity contribution is 8.13. The number of hydrogen-bond acceptors (Lipinski definition) is 3.